The summed E-state index contributed by atoms with van der Waals surface area (Å²) < 4.78 is 1.42. The van der Waals surface area contributed by atoms with E-state index in [2.05, 4.69) is 135 Å². The molecule has 0 aromatic heterocycles. The number of rotatable bonds is 2. The van der Waals surface area contributed by atoms with Crippen LogP contribution in [0.25, 0.3) is 11.1 Å². The first-order valence-electron chi connectivity index (χ1n) is 11.6. The fourth-order valence-corrected chi connectivity index (χ4v) is 4.79. The molecule has 0 atom stereocenters. The van der Waals surface area contributed by atoms with E-state index in [1.807, 2.05) is 6.07 Å². The third-order valence-electron chi connectivity index (χ3n) is 6.06. The van der Waals surface area contributed by atoms with Crippen LogP contribution in [-0.2, 0) is 30.7 Å². The van der Waals surface area contributed by atoms with Crippen LogP contribution in [0.15, 0.2) is 121 Å². The zero-order chi connectivity index (χ0) is 23.8. The van der Waals surface area contributed by atoms with Crippen LogP contribution in [0, 0.1) is 19.9 Å². The van der Waals surface area contributed by atoms with E-state index >= 15 is 0 Å². The summed E-state index contributed by atoms with van der Waals surface area (Å²) >= 11 is 1.46. The van der Waals surface area contributed by atoms with Crippen LogP contribution in [0.5, 0.6) is 0 Å². The van der Waals surface area contributed by atoms with E-state index in [-0.39, 0.29) is 24.8 Å². The Kier molecular flexibility index (Phi) is 12.4. The van der Waals surface area contributed by atoms with Gasteiger partial charge in [-0.05, 0) is 6.42 Å². The van der Waals surface area contributed by atoms with Gasteiger partial charge < -0.3 is 24.8 Å². The molecule has 6 rings (SSSR count). The summed E-state index contributed by atoms with van der Waals surface area (Å²) in [4.78, 5) is 0. The normalized spacial score (nSPS) is 10.1. The molecule has 1 aliphatic carbocycles. The van der Waals surface area contributed by atoms with Crippen molar-refractivity contribution in [3.63, 3.8) is 0 Å². The Bertz CT molecular complexity index is 1250. The second kappa shape index (κ2) is 15.0. The number of benzene rings is 4. The summed E-state index contributed by atoms with van der Waals surface area (Å²) in [5.41, 5.74) is 10.9. The fourth-order valence-electron chi connectivity index (χ4n) is 3.97. The topological polar surface area (TPSA) is 0 Å². The summed E-state index contributed by atoms with van der Waals surface area (Å²) in [7, 11) is 0. The third-order valence-corrected chi connectivity index (χ3v) is 7.48. The smallest absolute Gasteiger partial charge is 0.0253 e. The number of hydrogen-bond acceptors (Lipinski definition) is 0. The monoisotopic (exact) mass is 584 g/mol. The minimum absolute atomic E-state index is 0. The van der Waals surface area contributed by atoms with E-state index in [0.717, 1.165) is 6.42 Å². The summed E-state index contributed by atoms with van der Waals surface area (Å²) in [5.74, 6) is 0. The number of hydrogen-bond donors (Lipinski definition) is 0. The molecule has 1 aliphatic rings. The molecule has 180 valence electrons. The van der Waals surface area contributed by atoms with Crippen molar-refractivity contribution in [2.75, 3.05) is 0 Å². The van der Waals surface area contributed by atoms with E-state index in [4.69, 9.17) is 0 Å². The molecule has 0 amide bonds. The summed E-state index contributed by atoms with van der Waals surface area (Å²) in [6.45, 7) is 4.24. The van der Waals surface area contributed by atoms with E-state index < -0.39 is 0 Å². The van der Waals surface area contributed by atoms with Gasteiger partial charge in [-0.15, -0.1) is 5.56 Å². The van der Waals surface area contributed by atoms with Gasteiger partial charge in [-0.25, -0.2) is 0 Å². The number of halogens is 2. The molecule has 36 heavy (non-hydrogen) atoms. The molecule has 3 heteroatoms. The molecule has 0 saturated heterocycles. The van der Waals surface area contributed by atoms with Crippen LogP contribution in [-0.4, -0.2) is 3.21 Å². The van der Waals surface area contributed by atoms with Crippen molar-refractivity contribution >= 4 is 3.21 Å². The van der Waals surface area contributed by atoms with E-state index in [1.54, 1.807) is 0 Å². The molecule has 0 N–H and O–H groups in total. The van der Waals surface area contributed by atoms with E-state index in [0.29, 0.717) is 0 Å². The summed E-state index contributed by atoms with van der Waals surface area (Å²) in [6, 6.07) is 45.5. The molecule has 5 aromatic carbocycles. The van der Waals surface area contributed by atoms with Crippen molar-refractivity contribution in [3.05, 3.63) is 161 Å². The van der Waals surface area contributed by atoms with Crippen LogP contribution in [0.2, 0.25) is 0 Å². The average Bonchev–Trinajstić information content (AvgIpc) is 3.47. The first kappa shape index (κ1) is 29.8. The van der Waals surface area contributed by atoms with Gasteiger partial charge in [-0.3, -0.25) is 0 Å². The zero-order valence-electron chi connectivity index (χ0n) is 20.5. The van der Waals surface area contributed by atoms with Gasteiger partial charge in [0.05, 0.1) is 0 Å². The van der Waals surface area contributed by atoms with Gasteiger partial charge in [0.25, 0.3) is 0 Å². The van der Waals surface area contributed by atoms with Crippen LogP contribution in [0.3, 0.4) is 0 Å². The summed E-state index contributed by atoms with van der Waals surface area (Å²) in [5, 5.41) is 0. The van der Waals surface area contributed by atoms with Gasteiger partial charge in [-0.2, -0.15) is 59.2 Å². The molecular weight excluding hydrogens is 558 g/mol. The maximum atomic E-state index is 3.30. The first-order valence-corrected chi connectivity index (χ1v) is 12.8. The molecule has 0 radical (unpaired) electrons. The predicted octanol–water partition coefficient (Wildman–Crippen LogP) is 1.89. The quantitative estimate of drug-likeness (QED) is 0.272. The van der Waals surface area contributed by atoms with Gasteiger partial charge in [-0.1, -0.05) is 49.2 Å². The van der Waals surface area contributed by atoms with Crippen molar-refractivity contribution in [1.82, 2.24) is 0 Å². The molecule has 0 aliphatic heterocycles. The van der Waals surface area contributed by atoms with Crippen molar-refractivity contribution in [3.8, 4) is 11.1 Å². The molecule has 0 saturated carbocycles. The van der Waals surface area contributed by atoms with Crippen LogP contribution in [0.1, 0.15) is 33.4 Å². The Balaban J connectivity index is 0.000000194. The number of fused-ring (bicyclic) bond motifs is 3. The Hall–Kier alpha value is -2.44. The van der Waals surface area contributed by atoms with Gasteiger partial charge >= 0.3 is 99.2 Å². The minimum atomic E-state index is 0. The van der Waals surface area contributed by atoms with Crippen LogP contribution < -0.4 is 24.8 Å². The van der Waals surface area contributed by atoms with Gasteiger partial charge in [0, 0.05) is 0 Å². The molecule has 0 nitrogen and oxygen atoms in total. The molecule has 0 unspecified atom stereocenters. The van der Waals surface area contributed by atoms with Crippen LogP contribution in [0.4, 0.5) is 0 Å². The maximum absolute atomic E-state index is 3.30. The largest absolute Gasteiger partial charge is 0.179 e. The van der Waals surface area contributed by atoms with Crippen LogP contribution >= 0.6 is 0 Å². The van der Waals surface area contributed by atoms with Gasteiger partial charge in [0.15, 0.2) is 0 Å². The van der Waals surface area contributed by atoms with E-state index in [1.165, 1.54) is 71.9 Å². The Labute approximate surface area is 242 Å². The standard InChI is InChI=1S/C13H9.C13H10.C7H9.2ClH.Zr/c1-3-7-12-10(5-1)9-11-6-2-4-8-13(11)12;1-3-7-12(8-4-1)11-13-9-5-2-6-10-13;1-6-4-3-5-7(6)2;;;/h1-5,7-8H,9H2;1-10H;3-5H,1-2H3;2*1H;/q-1;;-1;;;+2/p-2. The minimum Gasteiger partial charge on any atom is -0.179 e. The third kappa shape index (κ3) is 7.78. The number of aryl methyl sites for hydroxylation is 2. The van der Waals surface area contributed by atoms with Gasteiger partial charge in [0.2, 0.25) is 0 Å². The molecule has 0 fully saturated rings. The van der Waals surface area contributed by atoms with Crippen molar-refractivity contribution in [2.45, 2.75) is 20.3 Å². The second-order valence-electron chi connectivity index (χ2n) is 8.40. The van der Waals surface area contributed by atoms with Gasteiger partial charge in [0.1, 0.15) is 0 Å². The Morgan fingerprint density at radius 3 is 1.69 bits per heavy atom. The predicted molar refractivity (Wildman–Crippen MR) is 141 cm³/mol. The Morgan fingerprint density at radius 2 is 1.17 bits per heavy atom. The summed E-state index contributed by atoms with van der Waals surface area (Å²) in [6.07, 6.45) is 1.05. The Morgan fingerprint density at radius 1 is 0.667 bits per heavy atom. The average molecular weight is 587 g/mol. The van der Waals surface area contributed by atoms with Crippen molar-refractivity contribution in [1.29, 1.82) is 0 Å². The molecule has 0 heterocycles. The van der Waals surface area contributed by atoms with E-state index in [9.17, 15) is 0 Å². The molecular formula is C33H28Cl2Zr-2. The first-order chi connectivity index (χ1) is 16.6. The molecule has 0 bridgehead atoms. The fraction of sp³-hybridized carbons (Fsp3) is 0.0909. The maximum Gasteiger partial charge on any atom is -0.0253 e. The van der Waals surface area contributed by atoms with Crippen molar-refractivity contribution < 1.29 is 49.0 Å². The second-order valence-corrected chi connectivity index (χ2v) is 9.62. The molecule has 0 spiro atoms. The van der Waals surface area contributed by atoms with Crippen molar-refractivity contribution in [2.24, 2.45) is 0 Å². The SMILES string of the molecule is Cc1c[cH-]cc1C.[Cl-].[Cl-].[Zr+2]=[C](c1ccccc1)c1ccccc1.[c-]1cccc2c1Cc1ccccc1-2. The zero-order valence-corrected chi connectivity index (χ0v) is 24.5. The molecule has 5 aromatic rings.